The summed E-state index contributed by atoms with van der Waals surface area (Å²) >= 11 is 5.97. The number of nitrogens with zero attached hydrogens (tertiary/aromatic N) is 1. The highest BCUT2D eigenvalue weighted by atomic mass is 35.5. The van der Waals surface area contributed by atoms with Crippen molar-refractivity contribution in [1.82, 2.24) is 0 Å². The summed E-state index contributed by atoms with van der Waals surface area (Å²) in [5.74, 6) is 0.805. The average molecular weight is 312 g/mol. The van der Waals surface area contributed by atoms with Crippen molar-refractivity contribution in [1.29, 1.82) is 0 Å². The van der Waals surface area contributed by atoms with Crippen molar-refractivity contribution in [2.24, 2.45) is 0 Å². The first-order valence-corrected chi connectivity index (χ1v) is 8.61. The van der Waals surface area contributed by atoms with Crippen molar-refractivity contribution in [2.75, 3.05) is 32.6 Å². The highest BCUT2D eigenvalue weighted by Crippen LogP contribution is 2.12. The molecule has 118 valence electrons. The van der Waals surface area contributed by atoms with Gasteiger partial charge in [0.05, 0.1) is 32.6 Å². The Morgan fingerprint density at radius 1 is 0.684 bits per heavy atom. The third kappa shape index (κ3) is 13.3. The van der Waals surface area contributed by atoms with Crippen molar-refractivity contribution in [3.05, 3.63) is 0 Å². The molecule has 0 saturated carbocycles. The summed E-state index contributed by atoms with van der Waals surface area (Å²) in [5, 5.41) is 0. The molecule has 0 aromatic carbocycles. The molecule has 0 aliphatic carbocycles. The molecule has 0 heterocycles. The molecule has 0 bridgehead atoms. The van der Waals surface area contributed by atoms with Crippen LogP contribution in [0.25, 0.3) is 0 Å². The van der Waals surface area contributed by atoms with Crippen LogP contribution in [0.2, 0.25) is 0 Å². The molecule has 0 spiro atoms. The Morgan fingerprint density at radius 3 is 1.53 bits per heavy atom. The molecule has 0 fully saturated rings. The van der Waals surface area contributed by atoms with E-state index in [9.17, 15) is 0 Å². The average Bonchev–Trinajstić information content (AvgIpc) is 2.35. The minimum atomic E-state index is 0. The van der Waals surface area contributed by atoms with Crippen molar-refractivity contribution in [3.8, 4) is 0 Å². The molecule has 1 atom stereocenters. The summed E-state index contributed by atoms with van der Waals surface area (Å²) in [6.07, 6.45) is 12.4. The zero-order chi connectivity index (χ0) is 13.7. The van der Waals surface area contributed by atoms with Crippen LogP contribution in [0.15, 0.2) is 0 Å². The first-order chi connectivity index (χ1) is 8.68. The van der Waals surface area contributed by atoms with Gasteiger partial charge in [-0.15, -0.1) is 11.6 Å². The lowest BCUT2D eigenvalue weighted by Crippen LogP contribution is -3.00. The third-order valence-electron chi connectivity index (χ3n) is 3.98. The lowest BCUT2D eigenvalue weighted by molar-refractivity contribution is -0.907. The Kier molecular flexibility index (Phi) is 17.2. The van der Waals surface area contributed by atoms with E-state index in [0.717, 1.165) is 12.4 Å². The molecular formula is C16H35Cl2N. The van der Waals surface area contributed by atoms with Gasteiger partial charge in [-0.25, -0.2) is 0 Å². The van der Waals surface area contributed by atoms with Gasteiger partial charge in [0.1, 0.15) is 0 Å². The molecule has 0 radical (unpaired) electrons. The van der Waals surface area contributed by atoms with E-state index in [4.69, 9.17) is 11.6 Å². The van der Waals surface area contributed by atoms with Crippen LogP contribution in [0.5, 0.6) is 0 Å². The molecule has 0 amide bonds. The van der Waals surface area contributed by atoms with Crippen LogP contribution in [0.3, 0.4) is 0 Å². The second kappa shape index (κ2) is 14.9. The van der Waals surface area contributed by atoms with Gasteiger partial charge in [0.25, 0.3) is 0 Å². The molecular weight excluding hydrogens is 277 g/mol. The second-order valence-corrected chi connectivity index (χ2v) is 6.33. The van der Waals surface area contributed by atoms with Crippen LogP contribution in [0.1, 0.15) is 71.6 Å². The highest BCUT2D eigenvalue weighted by molar-refractivity contribution is 6.17. The summed E-state index contributed by atoms with van der Waals surface area (Å²) in [6.45, 7) is 8.34. The van der Waals surface area contributed by atoms with E-state index >= 15 is 0 Å². The Balaban J connectivity index is 0. The van der Waals surface area contributed by atoms with Gasteiger partial charge in [0.15, 0.2) is 0 Å². The smallest absolute Gasteiger partial charge is 0.0922 e. The van der Waals surface area contributed by atoms with Gasteiger partial charge < -0.3 is 16.9 Å². The predicted molar refractivity (Wildman–Crippen MR) is 84.4 cm³/mol. The summed E-state index contributed by atoms with van der Waals surface area (Å²) in [4.78, 5) is 0. The number of hydrogen-bond donors (Lipinski definition) is 0. The van der Waals surface area contributed by atoms with Crippen LogP contribution < -0.4 is 12.4 Å². The number of hydrogen-bond acceptors (Lipinski definition) is 0. The number of alkyl halides is 1. The van der Waals surface area contributed by atoms with Crippen molar-refractivity contribution >= 4 is 11.6 Å². The lowest BCUT2D eigenvalue weighted by Gasteiger charge is -2.34. The molecule has 19 heavy (non-hydrogen) atoms. The second-order valence-electron chi connectivity index (χ2n) is 5.95. The minimum Gasteiger partial charge on any atom is -1.00 e. The Bertz CT molecular complexity index is 176. The molecule has 1 unspecified atom stereocenters. The molecule has 0 aliphatic heterocycles. The molecule has 1 nitrogen and oxygen atoms in total. The quantitative estimate of drug-likeness (QED) is 0.278. The summed E-state index contributed by atoms with van der Waals surface area (Å²) in [7, 11) is 2.40. The largest absolute Gasteiger partial charge is 1.00 e. The van der Waals surface area contributed by atoms with Crippen molar-refractivity contribution in [2.45, 2.75) is 71.6 Å². The van der Waals surface area contributed by atoms with Gasteiger partial charge in [-0.05, 0) is 25.7 Å². The van der Waals surface area contributed by atoms with Crippen LogP contribution in [-0.2, 0) is 0 Å². The van der Waals surface area contributed by atoms with Crippen LogP contribution in [-0.4, -0.2) is 37.0 Å². The van der Waals surface area contributed by atoms with Crippen LogP contribution in [0.4, 0.5) is 0 Å². The molecule has 3 heteroatoms. The third-order valence-corrected chi connectivity index (χ3v) is 4.15. The van der Waals surface area contributed by atoms with E-state index in [1.165, 1.54) is 75.4 Å². The fourth-order valence-electron chi connectivity index (χ4n) is 2.56. The van der Waals surface area contributed by atoms with Gasteiger partial charge in [0, 0.05) is 0 Å². The normalized spacial score (nSPS) is 13.9. The Hall–Kier alpha value is 0.540. The number of rotatable bonds is 13. The Morgan fingerprint density at radius 2 is 1.11 bits per heavy atom. The van der Waals surface area contributed by atoms with E-state index in [1.807, 2.05) is 0 Å². The van der Waals surface area contributed by atoms with E-state index in [2.05, 4.69) is 20.9 Å². The minimum absolute atomic E-state index is 0. The van der Waals surface area contributed by atoms with E-state index in [0.29, 0.717) is 0 Å². The summed E-state index contributed by atoms with van der Waals surface area (Å²) in [5.41, 5.74) is 0. The highest BCUT2D eigenvalue weighted by Gasteiger charge is 2.19. The fourth-order valence-corrected chi connectivity index (χ4v) is 2.96. The van der Waals surface area contributed by atoms with Gasteiger partial charge in [-0.3, -0.25) is 0 Å². The Labute approximate surface area is 133 Å². The topological polar surface area (TPSA) is 0 Å². The fraction of sp³-hybridized carbons (Fsp3) is 1.00. The van der Waals surface area contributed by atoms with E-state index in [1.54, 1.807) is 0 Å². The maximum absolute atomic E-state index is 5.97. The monoisotopic (exact) mass is 311 g/mol. The van der Waals surface area contributed by atoms with E-state index in [-0.39, 0.29) is 12.4 Å². The maximum atomic E-state index is 5.97. The zero-order valence-electron chi connectivity index (χ0n) is 13.4. The summed E-state index contributed by atoms with van der Waals surface area (Å²) < 4.78 is 1.19. The van der Waals surface area contributed by atoms with Crippen LogP contribution >= 0.6 is 11.6 Å². The number of unbranched alkanes of at least 4 members (excludes halogenated alkanes) is 7. The number of halogens is 2. The SMILES string of the molecule is CCCCCCC[N+](C)(CCCl)CCCCCC.[Cl-]. The molecule has 0 N–H and O–H groups in total. The van der Waals surface area contributed by atoms with Gasteiger partial charge in [-0.1, -0.05) is 46.0 Å². The van der Waals surface area contributed by atoms with Gasteiger partial charge in [-0.2, -0.15) is 0 Å². The number of quaternary nitrogens is 1. The zero-order valence-corrected chi connectivity index (χ0v) is 14.9. The molecule has 0 saturated heterocycles. The van der Waals surface area contributed by atoms with E-state index < -0.39 is 0 Å². The predicted octanol–water partition coefficient (Wildman–Crippen LogP) is 2.23. The molecule has 0 aliphatic rings. The van der Waals surface area contributed by atoms with Crippen molar-refractivity contribution < 1.29 is 16.9 Å². The first-order valence-electron chi connectivity index (χ1n) is 8.08. The molecule has 0 aromatic heterocycles. The lowest BCUT2D eigenvalue weighted by atomic mass is 10.1. The van der Waals surface area contributed by atoms with Gasteiger partial charge in [0.2, 0.25) is 0 Å². The standard InChI is InChI=1S/C16H35ClN.ClH/c1-4-6-8-10-12-15-18(3,16-13-17)14-11-9-7-5-2;/h4-16H2,1-3H3;1H/q+1;/p-1. The maximum Gasteiger partial charge on any atom is 0.0922 e. The van der Waals surface area contributed by atoms with Crippen LogP contribution in [0, 0.1) is 0 Å². The van der Waals surface area contributed by atoms with Gasteiger partial charge >= 0.3 is 0 Å². The molecule has 0 rings (SSSR count). The molecule has 0 aromatic rings. The van der Waals surface area contributed by atoms with Crippen molar-refractivity contribution in [3.63, 3.8) is 0 Å². The first kappa shape index (κ1) is 21.8. The summed E-state index contributed by atoms with van der Waals surface area (Å²) in [6, 6.07) is 0.